The predicted octanol–water partition coefficient (Wildman–Crippen LogP) is 0.599. The first-order chi connectivity index (χ1) is 8.18. The number of hydrogen-bond donors (Lipinski definition) is 3. The van der Waals surface area contributed by atoms with Crippen LogP contribution in [0.1, 0.15) is 17.3 Å². The highest BCUT2D eigenvalue weighted by molar-refractivity contribution is 7.10. The van der Waals surface area contributed by atoms with Gasteiger partial charge in [-0.05, 0) is 24.4 Å². The second-order valence-electron chi connectivity index (χ2n) is 3.98. The van der Waals surface area contributed by atoms with Gasteiger partial charge in [-0.15, -0.1) is 11.3 Å². The molecule has 1 saturated heterocycles. The molecule has 17 heavy (non-hydrogen) atoms. The lowest BCUT2D eigenvalue weighted by molar-refractivity contribution is -0.142. The van der Waals surface area contributed by atoms with Crippen LogP contribution in [0.3, 0.4) is 0 Å². The number of amides is 1. The van der Waals surface area contributed by atoms with Crippen LogP contribution in [-0.4, -0.2) is 30.1 Å². The molecule has 3 N–H and O–H groups in total. The third-order valence-corrected chi connectivity index (χ3v) is 3.73. The molecule has 0 aromatic carbocycles. The molecule has 2 atom stereocenters. The minimum Gasteiger partial charge on any atom is -0.479 e. The molecule has 6 heteroatoms. The zero-order valence-electron chi connectivity index (χ0n) is 9.18. The third kappa shape index (κ3) is 2.83. The van der Waals surface area contributed by atoms with E-state index in [0.717, 1.165) is 13.0 Å². The molecule has 1 aromatic heterocycles. The number of hydrogen-bond acceptors (Lipinski definition) is 4. The van der Waals surface area contributed by atoms with Gasteiger partial charge in [-0.3, -0.25) is 4.79 Å². The van der Waals surface area contributed by atoms with Gasteiger partial charge in [0.25, 0.3) is 0 Å². The lowest BCUT2D eigenvalue weighted by Crippen LogP contribution is -2.38. The highest BCUT2D eigenvalue weighted by atomic mass is 32.1. The Morgan fingerprint density at radius 1 is 1.59 bits per heavy atom. The van der Waals surface area contributed by atoms with Crippen LogP contribution in [0.2, 0.25) is 0 Å². The van der Waals surface area contributed by atoms with Crippen molar-refractivity contribution in [3.8, 4) is 0 Å². The van der Waals surface area contributed by atoms with Gasteiger partial charge in [-0.2, -0.15) is 0 Å². The summed E-state index contributed by atoms with van der Waals surface area (Å²) in [5.41, 5.74) is 0. The summed E-state index contributed by atoms with van der Waals surface area (Å²) in [6.07, 6.45) is 0.766. The van der Waals surface area contributed by atoms with Crippen molar-refractivity contribution in [1.29, 1.82) is 0 Å². The Labute approximate surface area is 103 Å². The summed E-state index contributed by atoms with van der Waals surface area (Å²) >= 11 is 1.33. The molecule has 0 saturated carbocycles. The molecule has 5 nitrogen and oxygen atoms in total. The van der Waals surface area contributed by atoms with Crippen molar-refractivity contribution in [2.75, 3.05) is 13.1 Å². The lowest BCUT2D eigenvalue weighted by atomic mass is 10.1. The average Bonchev–Trinajstić information content (AvgIpc) is 2.97. The molecular formula is C11H14N2O3S. The van der Waals surface area contributed by atoms with Gasteiger partial charge in [-0.1, -0.05) is 6.07 Å². The Bertz CT molecular complexity index is 399. The highest BCUT2D eigenvalue weighted by Gasteiger charge is 2.28. The second-order valence-corrected chi connectivity index (χ2v) is 4.96. The summed E-state index contributed by atoms with van der Waals surface area (Å²) in [5.74, 6) is -1.32. The van der Waals surface area contributed by atoms with E-state index in [1.54, 1.807) is 17.5 Å². The Morgan fingerprint density at radius 2 is 2.41 bits per heavy atom. The zero-order valence-corrected chi connectivity index (χ0v) is 10.00. The van der Waals surface area contributed by atoms with Gasteiger partial charge in [-0.25, -0.2) is 4.79 Å². The maximum Gasteiger partial charge on any atom is 0.331 e. The summed E-state index contributed by atoms with van der Waals surface area (Å²) < 4.78 is 0. The summed E-state index contributed by atoms with van der Waals surface area (Å²) in [5, 5.41) is 16.6. The van der Waals surface area contributed by atoms with Crippen molar-refractivity contribution in [2.24, 2.45) is 5.92 Å². The first-order valence-corrected chi connectivity index (χ1v) is 6.33. The minimum absolute atomic E-state index is 0.114. The molecule has 92 valence electrons. The van der Waals surface area contributed by atoms with E-state index in [4.69, 9.17) is 5.11 Å². The molecule has 0 bridgehead atoms. The lowest BCUT2D eigenvalue weighted by Gasteiger charge is -2.15. The highest BCUT2D eigenvalue weighted by Crippen LogP contribution is 2.20. The first kappa shape index (κ1) is 12.1. The maximum absolute atomic E-state index is 11.8. The largest absolute Gasteiger partial charge is 0.479 e. The van der Waals surface area contributed by atoms with Crippen molar-refractivity contribution in [3.05, 3.63) is 22.4 Å². The molecule has 1 aromatic rings. The smallest absolute Gasteiger partial charge is 0.331 e. The molecule has 0 aliphatic carbocycles. The maximum atomic E-state index is 11.8. The number of rotatable bonds is 4. The minimum atomic E-state index is -1.02. The number of aliphatic carboxylic acids is 1. The van der Waals surface area contributed by atoms with Gasteiger partial charge in [0.2, 0.25) is 5.91 Å². The van der Waals surface area contributed by atoms with E-state index in [1.165, 1.54) is 11.3 Å². The van der Waals surface area contributed by atoms with Crippen LogP contribution in [0.5, 0.6) is 0 Å². The molecule has 1 fully saturated rings. The van der Waals surface area contributed by atoms with E-state index >= 15 is 0 Å². The van der Waals surface area contributed by atoms with E-state index in [0.29, 0.717) is 11.4 Å². The van der Waals surface area contributed by atoms with Gasteiger partial charge in [0.05, 0.1) is 5.92 Å². The van der Waals surface area contributed by atoms with Crippen molar-refractivity contribution < 1.29 is 14.7 Å². The zero-order chi connectivity index (χ0) is 12.3. The van der Waals surface area contributed by atoms with Crippen LogP contribution in [0.25, 0.3) is 0 Å². The molecular weight excluding hydrogens is 240 g/mol. The quantitative estimate of drug-likeness (QED) is 0.735. The Balaban J connectivity index is 2.03. The number of thiophene rings is 1. The molecule has 0 radical (unpaired) electrons. The van der Waals surface area contributed by atoms with Gasteiger partial charge < -0.3 is 15.7 Å². The van der Waals surface area contributed by atoms with Crippen LogP contribution < -0.4 is 10.6 Å². The Hall–Kier alpha value is -1.40. The first-order valence-electron chi connectivity index (χ1n) is 5.46. The van der Waals surface area contributed by atoms with Gasteiger partial charge in [0, 0.05) is 11.4 Å². The summed E-state index contributed by atoms with van der Waals surface area (Å²) in [4.78, 5) is 23.6. The number of nitrogens with one attached hydrogen (secondary N) is 2. The number of carbonyl (C=O) groups excluding carboxylic acids is 1. The predicted molar refractivity (Wildman–Crippen MR) is 63.8 cm³/mol. The molecule has 1 aliphatic rings. The van der Waals surface area contributed by atoms with Crippen LogP contribution in [0.4, 0.5) is 0 Å². The van der Waals surface area contributed by atoms with E-state index in [2.05, 4.69) is 10.6 Å². The van der Waals surface area contributed by atoms with Crippen LogP contribution in [-0.2, 0) is 9.59 Å². The van der Waals surface area contributed by atoms with Crippen LogP contribution in [0.15, 0.2) is 17.5 Å². The molecule has 2 rings (SSSR count). The standard InChI is InChI=1S/C11H14N2O3S/c14-10(7-3-4-12-6-7)13-9(11(15)16)8-2-1-5-17-8/h1-2,5,7,9,12H,3-4,6H2,(H,13,14)(H,15,16). The fraction of sp³-hybridized carbons (Fsp3) is 0.455. The van der Waals surface area contributed by atoms with Gasteiger partial charge in [0.15, 0.2) is 6.04 Å². The summed E-state index contributed by atoms with van der Waals surface area (Å²) in [6, 6.07) is 2.57. The number of carboxylic acid groups (broad SMARTS) is 1. The van der Waals surface area contributed by atoms with Crippen molar-refractivity contribution in [1.82, 2.24) is 10.6 Å². The average molecular weight is 254 g/mol. The Kier molecular flexibility index (Phi) is 3.75. The molecule has 1 amide bonds. The van der Waals surface area contributed by atoms with E-state index in [-0.39, 0.29) is 11.8 Å². The van der Waals surface area contributed by atoms with Crippen LogP contribution in [0, 0.1) is 5.92 Å². The summed E-state index contributed by atoms with van der Waals surface area (Å²) in [6.45, 7) is 1.44. The van der Waals surface area contributed by atoms with E-state index in [9.17, 15) is 9.59 Å². The second kappa shape index (κ2) is 5.29. The third-order valence-electron chi connectivity index (χ3n) is 2.79. The number of carboxylic acids is 1. The molecule has 2 heterocycles. The van der Waals surface area contributed by atoms with Crippen molar-refractivity contribution in [2.45, 2.75) is 12.5 Å². The van der Waals surface area contributed by atoms with Crippen molar-refractivity contribution >= 4 is 23.2 Å². The molecule has 1 aliphatic heterocycles. The molecule has 0 spiro atoms. The fourth-order valence-corrected chi connectivity index (χ4v) is 2.62. The molecule has 2 unspecified atom stereocenters. The normalized spacial score (nSPS) is 21.1. The SMILES string of the molecule is O=C(NC(C(=O)O)c1cccs1)C1CCNC1. The summed E-state index contributed by atoms with van der Waals surface area (Å²) in [7, 11) is 0. The topological polar surface area (TPSA) is 78.4 Å². The van der Waals surface area contributed by atoms with E-state index < -0.39 is 12.0 Å². The number of carbonyl (C=O) groups is 2. The monoisotopic (exact) mass is 254 g/mol. The van der Waals surface area contributed by atoms with Gasteiger partial charge >= 0.3 is 5.97 Å². The van der Waals surface area contributed by atoms with Crippen LogP contribution >= 0.6 is 11.3 Å². The van der Waals surface area contributed by atoms with Crippen molar-refractivity contribution in [3.63, 3.8) is 0 Å². The van der Waals surface area contributed by atoms with Gasteiger partial charge in [0.1, 0.15) is 0 Å². The Morgan fingerprint density at radius 3 is 2.94 bits per heavy atom. The van der Waals surface area contributed by atoms with E-state index in [1.807, 2.05) is 0 Å². The fourth-order valence-electron chi connectivity index (χ4n) is 1.85.